The number of hydrogen-bond acceptors (Lipinski definition) is 6. The Kier molecular flexibility index (Phi) is 4.66. The minimum Gasteiger partial charge on any atom is -0.507 e. The fraction of sp³-hybridized carbons (Fsp3) is 0.200. The molecule has 0 saturated heterocycles. The van der Waals surface area contributed by atoms with Crippen molar-refractivity contribution in [1.29, 1.82) is 0 Å². The molecule has 1 heterocycles. The van der Waals surface area contributed by atoms with Crippen molar-refractivity contribution >= 4 is 11.9 Å². The van der Waals surface area contributed by atoms with Gasteiger partial charge in [-0.2, -0.15) is 0 Å². The molecule has 0 saturated carbocycles. The quantitative estimate of drug-likeness (QED) is 0.718. The van der Waals surface area contributed by atoms with Gasteiger partial charge in [0.25, 0.3) is 0 Å². The molecule has 7 heteroatoms. The summed E-state index contributed by atoms with van der Waals surface area (Å²) in [5.74, 6) is 2.29. The number of anilines is 1. The summed E-state index contributed by atoms with van der Waals surface area (Å²) >= 11 is 0. The maximum Gasteiger partial charge on any atom is 0.249 e. The Balaban J connectivity index is 2.30. The summed E-state index contributed by atoms with van der Waals surface area (Å²) in [6, 6.07) is 4.82. The highest BCUT2D eigenvalue weighted by atomic mass is 16.3. The van der Waals surface area contributed by atoms with E-state index in [2.05, 4.69) is 31.7 Å². The van der Waals surface area contributed by atoms with Crippen molar-refractivity contribution in [3.63, 3.8) is 0 Å². The number of amides is 1. The molecule has 0 aliphatic carbocycles. The lowest BCUT2D eigenvalue weighted by molar-refractivity contribution is -0.115. The number of hydrogen-bond donors (Lipinski definition) is 3. The molecule has 1 aromatic carbocycles. The number of phenolic OH excluding ortho intramolecular Hbond substituents is 1. The maximum atomic E-state index is 11.5. The van der Waals surface area contributed by atoms with Crippen LogP contribution in [0.1, 0.15) is 11.3 Å². The van der Waals surface area contributed by atoms with Crippen molar-refractivity contribution < 1.29 is 9.90 Å². The smallest absolute Gasteiger partial charge is 0.249 e. The molecule has 0 aliphatic rings. The molecule has 22 heavy (non-hydrogen) atoms. The molecule has 0 fully saturated rings. The molecule has 0 spiro atoms. The average Bonchev–Trinajstić information content (AvgIpc) is 2.48. The van der Waals surface area contributed by atoms with Gasteiger partial charge in [-0.3, -0.25) is 10.1 Å². The van der Waals surface area contributed by atoms with Crippen LogP contribution in [0.4, 0.5) is 5.95 Å². The number of benzene rings is 1. The molecule has 2 rings (SSSR count). The van der Waals surface area contributed by atoms with Gasteiger partial charge < -0.3 is 10.4 Å². The second-order valence-corrected chi connectivity index (χ2v) is 4.52. The largest absolute Gasteiger partial charge is 0.507 e. The summed E-state index contributed by atoms with van der Waals surface area (Å²) in [4.78, 5) is 15.6. The standard InChI is InChI=1S/C15H15N5O2/c1-4-10-5-6-11(12(21)7-10)14-9(2)17-15(20-19-14)18-13(22)8-16-3/h1,5-7,16,21H,8H2,2-3H3,(H,17,18,20,22). The van der Waals surface area contributed by atoms with E-state index in [0.717, 1.165) is 0 Å². The molecular weight excluding hydrogens is 282 g/mol. The van der Waals surface area contributed by atoms with E-state index in [0.29, 0.717) is 22.5 Å². The highest BCUT2D eigenvalue weighted by molar-refractivity contribution is 5.90. The van der Waals surface area contributed by atoms with Crippen LogP contribution in [0, 0.1) is 19.3 Å². The lowest BCUT2D eigenvalue weighted by Crippen LogP contribution is -2.26. The van der Waals surface area contributed by atoms with E-state index in [-0.39, 0.29) is 24.1 Å². The SMILES string of the molecule is C#Cc1ccc(-c2nnc(NC(=O)CNC)nc2C)c(O)c1. The van der Waals surface area contributed by atoms with E-state index in [1.54, 1.807) is 26.1 Å². The number of terminal acetylenes is 1. The van der Waals surface area contributed by atoms with Gasteiger partial charge in [-0.15, -0.1) is 16.6 Å². The van der Waals surface area contributed by atoms with Gasteiger partial charge in [0.1, 0.15) is 11.4 Å². The fourth-order valence-corrected chi connectivity index (χ4v) is 1.86. The van der Waals surface area contributed by atoms with Gasteiger partial charge in [-0.1, -0.05) is 5.92 Å². The summed E-state index contributed by atoms with van der Waals surface area (Å²) in [5.41, 5.74) is 1.99. The van der Waals surface area contributed by atoms with Gasteiger partial charge in [0, 0.05) is 11.1 Å². The van der Waals surface area contributed by atoms with Crippen molar-refractivity contribution in [1.82, 2.24) is 20.5 Å². The molecule has 0 radical (unpaired) electrons. The molecule has 0 bridgehead atoms. The zero-order valence-electron chi connectivity index (χ0n) is 12.2. The van der Waals surface area contributed by atoms with E-state index in [1.165, 1.54) is 6.07 Å². The van der Waals surface area contributed by atoms with Crippen LogP contribution in [-0.2, 0) is 4.79 Å². The summed E-state index contributed by atoms with van der Waals surface area (Å²) in [6.45, 7) is 1.87. The van der Waals surface area contributed by atoms with Crippen molar-refractivity contribution in [2.75, 3.05) is 18.9 Å². The highest BCUT2D eigenvalue weighted by Gasteiger charge is 2.13. The predicted molar refractivity (Wildman–Crippen MR) is 82.2 cm³/mol. The zero-order chi connectivity index (χ0) is 16.1. The van der Waals surface area contributed by atoms with Gasteiger partial charge in [-0.25, -0.2) is 4.98 Å². The third-order valence-electron chi connectivity index (χ3n) is 2.87. The lowest BCUT2D eigenvalue weighted by atomic mass is 10.1. The third kappa shape index (κ3) is 3.37. The van der Waals surface area contributed by atoms with Crippen LogP contribution < -0.4 is 10.6 Å². The van der Waals surface area contributed by atoms with Gasteiger partial charge in [0.2, 0.25) is 11.9 Å². The molecule has 0 unspecified atom stereocenters. The minimum absolute atomic E-state index is 0.00150. The number of nitrogens with one attached hydrogen (secondary N) is 2. The zero-order valence-corrected chi connectivity index (χ0v) is 12.2. The Morgan fingerprint density at radius 3 is 2.77 bits per heavy atom. The number of aromatic hydroxyl groups is 1. The Morgan fingerprint density at radius 2 is 2.18 bits per heavy atom. The second kappa shape index (κ2) is 6.65. The third-order valence-corrected chi connectivity index (χ3v) is 2.87. The van der Waals surface area contributed by atoms with Gasteiger partial charge >= 0.3 is 0 Å². The van der Waals surface area contributed by atoms with Gasteiger partial charge in [-0.05, 0) is 32.2 Å². The monoisotopic (exact) mass is 297 g/mol. The summed E-state index contributed by atoms with van der Waals surface area (Å²) in [5, 5.41) is 23.1. The number of phenols is 1. The molecular formula is C15H15N5O2. The number of nitrogens with zero attached hydrogens (tertiary/aromatic N) is 3. The highest BCUT2D eigenvalue weighted by Crippen LogP contribution is 2.29. The van der Waals surface area contributed by atoms with E-state index in [9.17, 15) is 9.90 Å². The van der Waals surface area contributed by atoms with Crippen LogP contribution >= 0.6 is 0 Å². The van der Waals surface area contributed by atoms with Crippen LogP contribution in [-0.4, -0.2) is 39.8 Å². The molecule has 3 N–H and O–H groups in total. The first kappa shape index (κ1) is 15.4. The van der Waals surface area contributed by atoms with Crippen LogP contribution in [0.3, 0.4) is 0 Å². The Hall–Kier alpha value is -2.98. The molecule has 1 amide bonds. The number of carbonyl (C=O) groups excluding carboxylic acids is 1. The molecule has 2 aromatic rings. The number of rotatable bonds is 4. The van der Waals surface area contributed by atoms with Crippen LogP contribution in [0.5, 0.6) is 5.75 Å². The van der Waals surface area contributed by atoms with Crippen LogP contribution in [0.15, 0.2) is 18.2 Å². The van der Waals surface area contributed by atoms with Crippen molar-refractivity contribution in [2.24, 2.45) is 0 Å². The summed E-state index contributed by atoms with van der Waals surface area (Å²) < 4.78 is 0. The van der Waals surface area contributed by atoms with Crippen molar-refractivity contribution in [3.8, 4) is 29.4 Å². The number of likely N-dealkylation sites (N-methyl/N-ethyl adjacent to an activating group) is 1. The Labute approximate surface area is 127 Å². The molecule has 1 aromatic heterocycles. The van der Waals surface area contributed by atoms with Crippen molar-refractivity contribution in [2.45, 2.75) is 6.92 Å². The summed E-state index contributed by atoms with van der Waals surface area (Å²) in [7, 11) is 1.66. The molecule has 7 nitrogen and oxygen atoms in total. The first-order chi connectivity index (χ1) is 10.5. The number of carbonyl (C=O) groups is 1. The normalized spacial score (nSPS) is 10.0. The Bertz CT molecular complexity index is 752. The topological polar surface area (TPSA) is 100 Å². The first-order valence-corrected chi connectivity index (χ1v) is 6.51. The lowest BCUT2D eigenvalue weighted by Gasteiger charge is -2.08. The maximum absolute atomic E-state index is 11.5. The fourth-order valence-electron chi connectivity index (χ4n) is 1.86. The van der Waals surface area contributed by atoms with E-state index < -0.39 is 0 Å². The van der Waals surface area contributed by atoms with Crippen molar-refractivity contribution in [3.05, 3.63) is 29.5 Å². The van der Waals surface area contributed by atoms with Gasteiger partial charge in [0.15, 0.2) is 0 Å². The van der Waals surface area contributed by atoms with E-state index in [4.69, 9.17) is 6.42 Å². The second-order valence-electron chi connectivity index (χ2n) is 4.52. The summed E-state index contributed by atoms with van der Waals surface area (Å²) in [6.07, 6.45) is 5.28. The Morgan fingerprint density at radius 1 is 1.41 bits per heavy atom. The molecule has 0 atom stereocenters. The number of aromatic nitrogens is 3. The van der Waals surface area contributed by atoms with Gasteiger partial charge in [0.05, 0.1) is 12.2 Å². The van der Waals surface area contributed by atoms with Crippen LogP contribution in [0.2, 0.25) is 0 Å². The first-order valence-electron chi connectivity index (χ1n) is 6.51. The molecule has 112 valence electrons. The molecule has 0 aliphatic heterocycles. The minimum atomic E-state index is -0.266. The predicted octanol–water partition coefficient (Wildman–Crippen LogP) is 0.692. The van der Waals surface area contributed by atoms with E-state index in [1.807, 2.05) is 0 Å². The average molecular weight is 297 g/mol. The van der Waals surface area contributed by atoms with Crippen LogP contribution in [0.25, 0.3) is 11.3 Å². The number of aryl methyl sites for hydroxylation is 1. The van der Waals surface area contributed by atoms with E-state index >= 15 is 0 Å².